The number of rotatable bonds is 4. The van der Waals surface area contributed by atoms with Crippen LogP contribution in [0.3, 0.4) is 0 Å². The first-order valence-electron chi connectivity index (χ1n) is 13.9. The molecule has 4 heterocycles. The van der Waals surface area contributed by atoms with Gasteiger partial charge in [0.2, 0.25) is 0 Å². The lowest BCUT2D eigenvalue weighted by Crippen LogP contribution is -1.95. The van der Waals surface area contributed by atoms with Crippen LogP contribution in [0.1, 0.15) is 0 Å². The van der Waals surface area contributed by atoms with E-state index >= 15 is 0 Å². The number of hydrogen-bond acceptors (Lipinski definition) is 5. The van der Waals surface area contributed by atoms with Crippen LogP contribution in [-0.2, 0) is 0 Å². The Morgan fingerprint density at radius 1 is 0.405 bits per heavy atom. The number of pyridine rings is 3. The van der Waals surface area contributed by atoms with E-state index in [1.165, 1.54) is 0 Å². The van der Waals surface area contributed by atoms with Crippen LogP contribution >= 0.6 is 0 Å². The third-order valence-corrected chi connectivity index (χ3v) is 7.51. The van der Waals surface area contributed by atoms with Crippen LogP contribution in [0.2, 0.25) is 0 Å². The van der Waals surface area contributed by atoms with Crippen LogP contribution in [0.5, 0.6) is 0 Å². The Kier molecular flexibility index (Phi) is 5.71. The maximum atomic E-state index is 5.15. The topological polar surface area (TPSA) is 64.5 Å². The molecule has 0 unspecified atom stereocenters. The molecule has 0 bridgehead atoms. The van der Waals surface area contributed by atoms with Crippen molar-refractivity contribution in [2.24, 2.45) is 0 Å². The van der Waals surface area contributed by atoms with Crippen molar-refractivity contribution in [3.8, 4) is 45.3 Å². The predicted molar refractivity (Wildman–Crippen MR) is 170 cm³/mol. The second-order valence-electron chi connectivity index (χ2n) is 10.2. The van der Waals surface area contributed by atoms with Crippen molar-refractivity contribution < 1.29 is 0 Å². The lowest BCUT2D eigenvalue weighted by molar-refractivity contribution is 1.23. The van der Waals surface area contributed by atoms with Crippen LogP contribution in [0.15, 0.2) is 140 Å². The summed E-state index contributed by atoms with van der Waals surface area (Å²) in [5.74, 6) is 0.708. The van der Waals surface area contributed by atoms with Crippen molar-refractivity contribution in [3.63, 3.8) is 0 Å². The van der Waals surface area contributed by atoms with Crippen molar-refractivity contribution in [1.29, 1.82) is 0 Å². The summed E-state index contributed by atoms with van der Waals surface area (Å²) in [5, 5.41) is 3.10. The highest BCUT2D eigenvalue weighted by molar-refractivity contribution is 6.04. The number of benzene rings is 4. The maximum absolute atomic E-state index is 5.15. The first kappa shape index (κ1) is 24.0. The fraction of sp³-hybridized carbons (Fsp3) is 0. The minimum Gasteiger partial charge on any atom is -0.255 e. The number of para-hydroxylation sites is 1. The van der Waals surface area contributed by atoms with Crippen LogP contribution in [-0.4, -0.2) is 24.9 Å². The number of aromatic nitrogens is 5. The summed E-state index contributed by atoms with van der Waals surface area (Å²) in [5.41, 5.74) is 9.10. The molecule has 0 aliphatic heterocycles. The van der Waals surface area contributed by atoms with E-state index in [1.54, 1.807) is 6.20 Å². The third-order valence-electron chi connectivity index (χ3n) is 7.51. The van der Waals surface area contributed by atoms with Crippen molar-refractivity contribution in [2.45, 2.75) is 0 Å². The molecule has 196 valence electrons. The molecule has 0 atom stereocenters. The van der Waals surface area contributed by atoms with E-state index in [0.29, 0.717) is 5.82 Å². The SMILES string of the molecule is c1ccc(-c2nc(-c3cccc(-c4ccc5ccc6ccc(-c7ccccn7)nc6c5n4)c3)c3ccccc3n2)cc1. The Morgan fingerprint density at radius 2 is 1.07 bits per heavy atom. The van der Waals surface area contributed by atoms with E-state index in [1.807, 2.05) is 72.8 Å². The van der Waals surface area contributed by atoms with Gasteiger partial charge in [0.25, 0.3) is 0 Å². The van der Waals surface area contributed by atoms with E-state index in [2.05, 4.69) is 65.6 Å². The Hall–Kier alpha value is -5.81. The molecular formula is C37H23N5. The van der Waals surface area contributed by atoms with Gasteiger partial charge in [-0.3, -0.25) is 4.98 Å². The zero-order valence-corrected chi connectivity index (χ0v) is 22.5. The van der Waals surface area contributed by atoms with Gasteiger partial charge in [0.1, 0.15) is 0 Å². The molecule has 0 spiro atoms. The largest absolute Gasteiger partial charge is 0.255 e. The van der Waals surface area contributed by atoms with Crippen LogP contribution in [0.25, 0.3) is 78.0 Å². The highest BCUT2D eigenvalue weighted by atomic mass is 14.9. The van der Waals surface area contributed by atoms with E-state index in [9.17, 15) is 0 Å². The number of hydrogen-bond donors (Lipinski definition) is 0. The Morgan fingerprint density at radius 3 is 1.88 bits per heavy atom. The molecule has 42 heavy (non-hydrogen) atoms. The molecule has 0 saturated carbocycles. The summed E-state index contributed by atoms with van der Waals surface area (Å²) in [4.78, 5) is 24.6. The molecule has 8 aromatic rings. The van der Waals surface area contributed by atoms with Gasteiger partial charge in [-0.2, -0.15) is 0 Å². The highest BCUT2D eigenvalue weighted by Crippen LogP contribution is 2.33. The smallest absolute Gasteiger partial charge is 0.160 e. The maximum Gasteiger partial charge on any atom is 0.160 e. The highest BCUT2D eigenvalue weighted by Gasteiger charge is 2.13. The third kappa shape index (κ3) is 4.25. The monoisotopic (exact) mass is 537 g/mol. The molecule has 4 aromatic heterocycles. The second-order valence-corrected chi connectivity index (χ2v) is 10.2. The zero-order valence-electron chi connectivity index (χ0n) is 22.5. The zero-order chi connectivity index (χ0) is 27.9. The van der Waals surface area contributed by atoms with E-state index in [0.717, 1.165) is 72.2 Å². The summed E-state index contributed by atoms with van der Waals surface area (Å²) >= 11 is 0. The molecule has 8 rings (SSSR count). The molecular weight excluding hydrogens is 514 g/mol. The Balaban J connectivity index is 1.28. The van der Waals surface area contributed by atoms with Crippen molar-refractivity contribution >= 4 is 32.7 Å². The summed E-state index contributed by atoms with van der Waals surface area (Å²) in [6, 6.07) is 45.1. The lowest BCUT2D eigenvalue weighted by atomic mass is 10.0. The Labute approximate surface area is 242 Å². The van der Waals surface area contributed by atoms with Gasteiger partial charge in [-0.05, 0) is 36.4 Å². The molecule has 0 fully saturated rings. The van der Waals surface area contributed by atoms with Crippen LogP contribution < -0.4 is 0 Å². The van der Waals surface area contributed by atoms with Crippen molar-refractivity contribution in [3.05, 3.63) is 140 Å². The van der Waals surface area contributed by atoms with Crippen molar-refractivity contribution in [1.82, 2.24) is 24.9 Å². The van der Waals surface area contributed by atoms with Crippen molar-refractivity contribution in [2.75, 3.05) is 0 Å². The van der Waals surface area contributed by atoms with Crippen LogP contribution in [0, 0.1) is 0 Å². The number of nitrogens with zero attached hydrogens (tertiary/aromatic N) is 5. The molecule has 0 aliphatic rings. The summed E-state index contributed by atoms with van der Waals surface area (Å²) in [6.45, 7) is 0. The first-order chi connectivity index (χ1) is 20.8. The molecule has 0 radical (unpaired) electrons. The summed E-state index contributed by atoms with van der Waals surface area (Å²) in [6.07, 6.45) is 1.79. The fourth-order valence-corrected chi connectivity index (χ4v) is 5.42. The first-order valence-corrected chi connectivity index (χ1v) is 13.9. The predicted octanol–water partition coefficient (Wildman–Crippen LogP) is 8.79. The minimum absolute atomic E-state index is 0.708. The quantitative estimate of drug-likeness (QED) is 0.210. The molecule has 5 nitrogen and oxygen atoms in total. The van der Waals surface area contributed by atoms with Crippen LogP contribution in [0.4, 0.5) is 0 Å². The summed E-state index contributed by atoms with van der Waals surface area (Å²) < 4.78 is 0. The Bertz CT molecular complexity index is 2250. The van der Waals surface area contributed by atoms with Gasteiger partial charge in [0, 0.05) is 39.0 Å². The van der Waals surface area contributed by atoms with Gasteiger partial charge in [-0.15, -0.1) is 0 Å². The van der Waals surface area contributed by atoms with E-state index in [-0.39, 0.29) is 0 Å². The van der Waals surface area contributed by atoms with E-state index in [4.69, 9.17) is 19.9 Å². The fourth-order valence-electron chi connectivity index (χ4n) is 5.42. The molecule has 5 heteroatoms. The van der Waals surface area contributed by atoms with Gasteiger partial charge in [-0.25, -0.2) is 19.9 Å². The average Bonchev–Trinajstić information content (AvgIpc) is 3.08. The van der Waals surface area contributed by atoms with Gasteiger partial charge in [0.15, 0.2) is 5.82 Å². The molecule has 0 saturated heterocycles. The van der Waals surface area contributed by atoms with Gasteiger partial charge in [-0.1, -0.05) is 97.1 Å². The minimum atomic E-state index is 0.708. The normalized spacial score (nSPS) is 11.3. The molecule has 0 aliphatic carbocycles. The molecule has 4 aromatic carbocycles. The lowest BCUT2D eigenvalue weighted by Gasteiger charge is -2.11. The van der Waals surface area contributed by atoms with Gasteiger partial charge in [0.05, 0.1) is 39.3 Å². The molecule has 0 amide bonds. The summed E-state index contributed by atoms with van der Waals surface area (Å²) in [7, 11) is 0. The van der Waals surface area contributed by atoms with Gasteiger partial charge < -0.3 is 0 Å². The second kappa shape index (κ2) is 9.98. The van der Waals surface area contributed by atoms with Gasteiger partial charge >= 0.3 is 0 Å². The standard InChI is InChI=1S/C37H23N5/c1-2-9-26(10-3-1)37-41-31-14-5-4-13-29(31)34(42-37)28-12-8-11-27(23-28)30-20-18-24-16-17-25-19-21-33(32-15-6-7-22-38-32)40-36(25)35(24)39-30/h1-23H. The van der Waals surface area contributed by atoms with E-state index < -0.39 is 0 Å². The molecule has 0 N–H and O–H groups in total. The number of fused-ring (bicyclic) bond motifs is 4. The average molecular weight is 538 g/mol.